The van der Waals surface area contributed by atoms with Crippen molar-refractivity contribution in [2.24, 2.45) is 0 Å². The molecule has 18 heavy (non-hydrogen) atoms. The molecule has 2 aromatic rings. The van der Waals surface area contributed by atoms with Crippen molar-refractivity contribution in [3.63, 3.8) is 0 Å². The molecule has 1 N–H and O–H groups in total. The number of hydrogen-bond donors (Lipinski definition) is 1. The first-order valence-electron chi connectivity index (χ1n) is 6.17. The molecule has 0 bridgehead atoms. The molecule has 96 valence electrons. The van der Waals surface area contributed by atoms with Crippen LogP contribution in [-0.2, 0) is 13.0 Å². The lowest BCUT2D eigenvalue weighted by molar-refractivity contribution is 0.297. The number of imidazole rings is 1. The summed E-state index contributed by atoms with van der Waals surface area (Å²) < 4.78 is 7.68. The van der Waals surface area contributed by atoms with Crippen LogP contribution in [0.4, 0.5) is 0 Å². The molecule has 0 saturated carbocycles. The quantitative estimate of drug-likeness (QED) is 0.759. The van der Waals surface area contributed by atoms with Crippen LogP contribution in [0.15, 0.2) is 43.0 Å². The van der Waals surface area contributed by atoms with Crippen LogP contribution in [0.5, 0.6) is 5.75 Å². The Kier molecular flexibility index (Phi) is 4.78. The molecular formula is C14H18N2O2. The van der Waals surface area contributed by atoms with Gasteiger partial charge in [-0.2, -0.15) is 0 Å². The molecule has 0 amide bonds. The lowest BCUT2D eigenvalue weighted by Gasteiger charge is -2.07. The Morgan fingerprint density at radius 2 is 2.06 bits per heavy atom. The first-order valence-corrected chi connectivity index (χ1v) is 6.17. The van der Waals surface area contributed by atoms with Gasteiger partial charge in [0.25, 0.3) is 0 Å². The zero-order chi connectivity index (χ0) is 12.6. The van der Waals surface area contributed by atoms with Gasteiger partial charge in [-0.1, -0.05) is 12.1 Å². The van der Waals surface area contributed by atoms with Crippen molar-refractivity contribution >= 4 is 0 Å². The molecule has 0 atom stereocenters. The van der Waals surface area contributed by atoms with Gasteiger partial charge in [0.2, 0.25) is 0 Å². The summed E-state index contributed by atoms with van der Waals surface area (Å²) in [6.07, 6.45) is 7.18. The average molecular weight is 246 g/mol. The smallest absolute Gasteiger partial charge is 0.119 e. The third-order valence-electron chi connectivity index (χ3n) is 2.71. The van der Waals surface area contributed by atoms with Gasteiger partial charge in [-0.15, -0.1) is 0 Å². The number of aryl methyl sites for hydroxylation is 1. The van der Waals surface area contributed by atoms with Crippen LogP contribution >= 0.6 is 0 Å². The van der Waals surface area contributed by atoms with Gasteiger partial charge in [0.15, 0.2) is 0 Å². The Labute approximate surface area is 107 Å². The van der Waals surface area contributed by atoms with Gasteiger partial charge >= 0.3 is 0 Å². The van der Waals surface area contributed by atoms with E-state index in [0.29, 0.717) is 13.0 Å². The second kappa shape index (κ2) is 6.81. The molecule has 0 radical (unpaired) electrons. The standard InChI is InChI=1S/C14H18N2O2/c17-10-6-13-2-4-14(5-3-13)18-11-1-8-16-9-7-15-12-16/h2-5,7,9,12,17H,1,6,8,10-11H2. The minimum atomic E-state index is 0.186. The number of aromatic nitrogens is 2. The molecule has 4 nitrogen and oxygen atoms in total. The van der Waals surface area contributed by atoms with E-state index in [2.05, 4.69) is 4.98 Å². The second-order valence-electron chi connectivity index (χ2n) is 4.12. The molecule has 1 heterocycles. The summed E-state index contributed by atoms with van der Waals surface area (Å²) in [7, 11) is 0. The largest absolute Gasteiger partial charge is 0.494 e. The van der Waals surface area contributed by atoms with Crippen LogP contribution in [0.3, 0.4) is 0 Å². The van der Waals surface area contributed by atoms with Gasteiger partial charge in [-0.05, 0) is 30.5 Å². The maximum absolute atomic E-state index is 8.81. The fourth-order valence-electron chi connectivity index (χ4n) is 1.74. The number of aliphatic hydroxyl groups is 1. The molecule has 0 aliphatic heterocycles. The van der Waals surface area contributed by atoms with E-state index in [1.165, 1.54) is 0 Å². The Hall–Kier alpha value is -1.81. The molecule has 0 unspecified atom stereocenters. The SMILES string of the molecule is OCCc1ccc(OCCCn2ccnc2)cc1. The van der Waals surface area contributed by atoms with Crippen molar-refractivity contribution in [2.45, 2.75) is 19.4 Å². The monoisotopic (exact) mass is 246 g/mol. The summed E-state index contributed by atoms with van der Waals surface area (Å²) in [4.78, 5) is 3.99. The zero-order valence-corrected chi connectivity index (χ0v) is 10.3. The van der Waals surface area contributed by atoms with Crippen LogP contribution in [0.25, 0.3) is 0 Å². The van der Waals surface area contributed by atoms with E-state index in [1.54, 1.807) is 6.20 Å². The van der Waals surface area contributed by atoms with Crippen molar-refractivity contribution in [1.82, 2.24) is 9.55 Å². The van der Waals surface area contributed by atoms with E-state index in [1.807, 2.05) is 41.4 Å². The van der Waals surface area contributed by atoms with Crippen LogP contribution < -0.4 is 4.74 Å². The highest BCUT2D eigenvalue weighted by atomic mass is 16.5. The van der Waals surface area contributed by atoms with Crippen molar-refractivity contribution in [1.29, 1.82) is 0 Å². The molecule has 0 aliphatic rings. The van der Waals surface area contributed by atoms with E-state index in [0.717, 1.165) is 24.3 Å². The summed E-state index contributed by atoms with van der Waals surface area (Å²) >= 11 is 0. The fraction of sp³-hybridized carbons (Fsp3) is 0.357. The van der Waals surface area contributed by atoms with E-state index in [4.69, 9.17) is 9.84 Å². The third kappa shape index (κ3) is 3.89. The number of aliphatic hydroxyl groups excluding tert-OH is 1. The Morgan fingerprint density at radius 3 is 2.72 bits per heavy atom. The van der Waals surface area contributed by atoms with Gasteiger partial charge < -0.3 is 14.4 Å². The lowest BCUT2D eigenvalue weighted by Crippen LogP contribution is -2.03. The summed E-state index contributed by atoms with van der Waals surface area (Å²) in [5.74, 6) is 0.877. The second-order valence-corrected chi connectivity index (χ2v) is 4.12. The number of rotatable bonds is 7. The third-order valence-corrected chi connectivity index (χ3v) is 2.71. The Balaban J connectivity index is 1.69. The molecule has 0 fully saturated rings. The van der Waals surface area contributed by atoms with E-state index < -0.39 is 0 Å². The zero-order valence-electron chi connectivity index (χ0n) is 10.3. The predicted molar refractivity (Wildman–Crippen MR) is 69.6 cm³/mol. The maximum atomic E-state index is 8.81. The van der Waals surface area contributed by atoms with Crippen molar-refractivity contribution < 1.29 is 9.84 Å². The molecule has 2 rings (SSSR count). The highest BCUT2D eigenvalue weighted by Crippen LogP contribution is 2.12. The van der Waals surface area contributed by atoms with Crippen molar-refractivity contribution in [3.8, 4) is 5.75 Å². The summed E-state index contributed by atoms with van der Waals surface area (Å²) in [6, 6.07) is 7.87. The summed E-state index contributed by atoms with van der Waals surface area (Å²) in [5, 5.41) is 8.81. The summed E-state index contributed by atoms with van der Waals surface area (Å²) in [6.45, 7) is 1.80. The van der Waals surface area contributed by atoms with Crippen molar-refractivity contribution in [2.75, 3.05) is 13.2 Å². The maximum Gasteiger partial charge on any atom is 0.119 e. The molecule has 1 aromatic heterocycles. The molecule has 0 spiro atoms. The molecule has 0 aliphatic carbocycles. The minimum absolute atomic E-state index is 0.186. The van der Waals surface area contributed by atoms with E-state index in [-0.39, 0.29) is 6.61 Å². The van der Waals surface area contributed by atoms with Crippen LogP contribution in [0.2, 0.25) is 0 Å². The van der Waals surface area contributed by atoms with Gasteiger partial charge in [-0.3, -0.25) is 0 Å². The topological polar surface area (TPSA) is 47.3 Å². The number of hydrogen-bond acceptors (Lipinski definition) is 3. The Bertz CT molecular complexity index is 437. The summed E-state index contributed by atoms with van der Waals surface area (Å²) in [5.41, 5.74) is 1.13. The molecule has 1 aromatic carbocycles. The number of nitrogens with zero attached hydrogens (tertiary/aromatic N) is 2. The minimum Gasteiger partial charge on any atom is -0.494 e. The van der Waals surface area contributed by atoms with Crippen LogP contribution in [0, 0.1) is 0 Å². The average Bonchev–Trinajstić information content (AvgIpc) is 2.90. The fourth-order valence-corrected chi connectivity index (χ4v) is 1.74. The van der Waals surface area contributed by atoms with E-state index in [9.17, 15) is 0 Å². The van der Waals surface area contributed by atoms with Gasteiger partial charge in [0.1, 0.15) is 5.75 Å². The highest BCUT2D eigenvalue weighted by molar-refractivity contribution is 5.27. The Morgan fingerprint density at radius 1 is 1.22 bits per heavy atom. The van der Waals surface area contributed by atoms with Crippen LogP contribution in [-0.4, -0.2) is 27.9 Å². The number of ether oxygens (including phenoxy) is 1. The van der Waals surface area contributed by atoms with E-state index >= 15 is 0 Å². The molecule has 4 heteroatoms. The van der Waals surface area contributed by atoms with Gasteiger partial charge in [0, 0.05) is 25.5 Å². The number of benzene rings is 1. The van der Waals surface area contributed by atoms with Crippen molar-refractivity contribution in [3.05, 3.63) is 48.5 Å². The first kappa shape index (κ1) is 12.6. The first-order chi connectivity index (χ1) is 8.88. The van der Waals surface area contributed by atoms with Crippen LogP contribution in [0.1, 0.15) is 12.0 Å². The van der Waals surface area contributed by atoms with Gasteiger partial charge in [0.05, 0.1) is 12.9 Å². The molecule has 0 saturated heterocycles. The molecular weight excluding hydrogens is 228 g/mol. The normalized spacial score (nSPS) is 10.5. The predicted octanol–water partition coefficient (Wildman–Crippen LogP) is 1.89. The van der Waals surface area contributed by atoms with Gasteiger partial charge in [-0.25, -0.2) is 4.98 Å². The lowest BCUT2D eigenvalue weighted by atomic mass is 10.1. The highest BCUT2D eigenvalue weighted by Gasteiger charge is 1.96.